The molecule has 1 aliphatic rings. The molecule has 1 aliphatic heterocycles. The van der Waals surface area contributed by atoms with Crippen LogP contribution in [0, 0.1) is 0 Å². The van der Waals surface area contributed by atoms with Gasteiger partial charge in [0.15, 0.2) is 0 Å². The van der Waals surface area contributed by atoms with E-state index in [1.54, 1.807) is 6.92 Å². The zero-order valence-corrected chi connectivity index (χ0v) is 14.2. The first-order valence-corrected chi connectivity index (χ1v) is 8.96. The maximum Gasteiger partial charge on any atom is 0.240 e. The van der Waals surface area contributed by atoms with Crippen molar-refractivity contribution in [1.82, 2.24) is 15.1 Å². The Labute approximate surface area is 135 Å². The maximum absolute atomic E-state index is 12.2. The molecule has 124 valence electrons. The molecule has 22 heavy (non-hydrogen) atoms. The Morgan fingerprint density at radius 3 is 3.05 bits per heavy atom. The third kappa shape index (κ3) is 5.00. The second-order valence-electron chi connectivity index (χ2n) is 5.93. The number of nitrogens with zero attached hydrogens (tertiary/aromatic N) is 3. The van der Waals surface area contributed by atoms with Gasteiger partial charge in [-0.1, -0.05) is 31.1 Å². The number of aliphatic hydroxyl groups is 1. The lowest BCUT2D eigenvalue weighted by molar-refractivity contribution is -0.118. The van der Waals surface area contributed by atoms with Gasteiger partial charge in [-0.2, -0.15) is 0 Å². The van der Waals surface area contributed by atoms with Crippen LogP contribution >= 0.6 is 11.3 Å². The third-order valence-corrected chi connectivity index (χ3v) is 4.92. The first-order valence-electron chi connectivity index (χ1n) is 8.14. The SMILES string of the molecule is CCCCc1nnc(NC(=O)CN2CCCCC2C(C)O)s1. The van der Waals surface area contributed by atoms with Crippen LogP contribution in [-0.4, -0.2) is 51.3 Å². The number of hydrogen-bond donors (Lipinski definition) is 2. The van der Waals surface area contributed by atoms with E-state index in [1.165, 1.54) is 11.3 Å². The van der Waals surface area contributed by atoms with Crippen molar-refractivity contribution >= 4 is 22.4 Å². The van der Waals surface area contributed by atoms with Crippen LogP contribution in [-0.2, 0) is 11.2 Å². The fourth-order valence-electron chi connectivity index (χ4n) is 2.84. The Morgan fingerprint density at radius 2 is 2.32 bits per heavy atom. The van der Waals surface area contributed by atoms with Crippen LogP contribution in [0.1, 0.15) is 51.0 Å². The molecule has 0 saturated carbocycles. The zero-order chi connectivity index (χ0) is 15.9. The van der Waals surface area contributed by atoms with E-state index in [0.29, 0.717) is 11.7 Å². The molecule has 2 rings (SSSR count). The van der Waals surface area contributed by atoms with Gasteiger partial charge in [-0.15, -0.1) is 10.2 Å². The van der Waals surface area contributed by atoms with Gasteiger partial charge >= 0.3 is 0 Å². The second-order valence-corrected chi connectivity index (χ2v) is 6.99. The van der Waals surface area contributed by atoms with Gasteiger partial charge < -0.3 is 5.11 Å². The molecule has 2 unspecified atom stereocenters. The zero-order valence-electron chi connectivity index (χ0n) is 13.4. The summed E-state index contributed by atoms with van der Waals surface area (Å²) in [5, 5.41) is 22.3. The lowest BCUT2D eigenvalue weighted by Gasteiger charge is -2.36. The summed E-state index contributed by atoms with van der Waals surface area (Å²) in [6, 6.07) is 0.0778. The largest absolute Gasteiger partial charge is 0.392 e. The highest BCUT2D eigenvalue weighted by molar-refractivity contribution is 7.15. The van der Waals surface area contributed by atoms with E-state index in [0.717, 1.165) is 50.1 Å². The molecule has 0 aromatic carbocycles. The highest BCUT2D eigenvalue weighted by Gasteiger charge is 2.27. The van der Waals surface area contributed by atoms with Crippen molar-refractivity contribution in [2.45, 2.75) is 64.5 Å². The first-order chi connectivity index (χ1) is 10.6. The molecule has 1 aromatic heterocycles. The minimum absolute atomic E-state index is 0.0778. The number of likely N-dealkylation sites (tertiary alicyclic amines) is 1. The summed E-state index contributed by atoms with van der Waals surface area (Å²) >= 11 is 1.45. The highest BCUT2D eigenvalue weighted by atomic mass is 32.1. The molecule has 2 heterocycles. The standard InChI is InChI=1S/C15H26N4O2S/c1-3-4-8-14-17-18-15(22-14)16-13(21)10-19-9-6-5-7-12(19)11(2)20/h11-12,20H,3-10H2,1-2H3,(H,16,18,21). The van der Waals surface area contributed by atoms with Crippen molar-refractivity contribution < 1.29 is 9.90 Å². The number of amides is 1. The molecule has 0 radical (unpaired) electrons. The number of anilines is 1. The molecule has 1 aromatic rings. The van der Waals surface area contributed by atoms with Crippen molar-refractivity contribution in [2.75, 3.05) is 18.4 Å². The normalized spacial score (nSPS) is 20.8. The van der Waals surface area contributed by atoms with E-state index in [2.05, 4.69) is 27.3 Å². The van der Waals surface area contributed by atoms with E-state index < -0.39 is 6.10 Å². The molecule has 1 amide bonds. The smallest absolute Gasteiger partial charge is 0.240 e. The van der Waals surface area contributed by atoms with E-state index in [-0.39, 0.29) is 11.9 Å². The van der Waals surface area contributed by atoms with Crippen molar-refractivity contribution in [1.29, 1.82) is 0 Å². The molecule has 0 bridgehead atoms. The maximum atomic E-state index is 12.2. The minimum atomic E-state index is -0.407. The molecule has 2 atom stereocenters. The van der Waals surface area contributed by atoms with E-state index in [1.807, 2.05) is 0 Å². The van der Waals surface area contributed by atoms with Crippen LogP contribution in [0.2, 0.25) is 0 Å². The molecular weight excluding hydrogens is 300 g/mol. The van der Waals surface area contributed by atoms with E-state index in [9.17, 15) is 9.90 Å². The highest BCUT2D eigenvalue weighted by Crippen LogP contribution is 2.20. The minimum Gasteiger partial charge on any atom is -0.392 e. The fraction of sp³-hybridized carbons (Fsp3) is 0.800. The molecule has 7 heteroatoms. The van der Waals surface area contributed by atoms with Crippen LogP contribution in [0.15, 0.2) is 0 Å². The van der Waals surface area contributed by atoms with Crippen LogP contribution in [0.4, 0.5) is 5.13 Å². The number of rotatable bonds is 7. The van der Waals surface area contributed by atoms with Gasteiger partial charge in [-0.05, 0) is 32.7 Å². The summed E-state index contributed by atoms with van der Waals surface area (Å²) in [6.07, 6.45) is 5.87. The number of nitrogens with one attached hydrogen (secondary N) is 1. The fourth-order valence-corrected chi connectivity index (χ4v) is 3.63. The number of carbonyl (C=O) groups excluding carboxylic acids is 1. The monoisotopic (exact) mass is 326 g/mol. The molecule has 6 nitrogen and oxygen atoms in total. The Hall–Kier alpha value is -1.05. The lowest BCUT2D eigenvalue weighted by atomic mass is 9.98. The van der Waals surface area contributed by atoms with Gasteiger partial charge in [-0.25, -0.2) is 0 Å². The number of aryl methyl sites for hydroxylation is 1. The number of carbonyl (C=O) groups is 1. The number of hydrogen-bond acceptors (Lipinski definition) is 6. The predicted molar refractivity (Wildman–Crippen MR) is 88.0 cm³/mol. The summed E-state index contributed by atoms with van der Waals surface area (Å²) in [5.41, 5.74) is 0. The van der Waals surface area contributed by atoms with Crippen LogP contribution in [0.5, 0.6) is 0 Å². The molecule has 0 aliphatic carbocycles. The molecular formula is C15H26N4O2S. The Kier molecular flexibility index (Phi) is 6.72. The van der Waals surface area contributed by atoms with Gasteiger partial charge in [-0.3, -0.25) is 15.0 Å². The van der Waals surface area contributed by atoms with Crippen molar-refractivity contribution in [3.8, 4) is 0 Å². The summed E-state index contributed by atoms with van der Waals surface area (Å²) in [5.74, 6) is -0.0780. The number of aliphatic hydroxyl groups excluding tert-OH is 1. The molecule has 1 fully saturated rings. The topological polar surface area (TPSA) is 78.4 Å². The number of piperidine rings is 1. The van der Waals surface area contributed by atoms with Gasteiger partial charge in [0.2, 0.25) is 11.0 Å². The van der Waals surface area contributed by atoms with E-state index >= 15 is 0 Å². The van der Waals surface area contributed by atoms with Gasteiger partial charge in [0, 0.05) is 12.5 Å². The second kappa shape index (κ2) is 8.55. The average Bonchev–Trinajstić information content (AvgIpc) is 2.92. The van der Waals surface area contributed by atoms with Crippen molar-refractivity contribution in [2.24, 2.45) is 0 Å². The Bertz CT molecular complexity index is 478. The number of unbranched alkanes of at least 4 members (excludes halogenated alkanes) is 1. The van der Waals surface area contributed by atoms with Gasteiger partial charge in [0.25, 0.3) is 0 Å². The average molecular weight is 326 g/mol. The third-order valence-electron chi connectivity index (χ3n) is 4.03. The van der Waals surface area contributed by atoms with Gasteiger partial charge in [0.1, 0.15) is 5.01 Å². The number of aromatic nitrogens is 2. The Balaban J connectivity index is 1.85. The lowest BCUT2D eigenvalue weighted by Crippen LogP contribution is -2.48. The summed E-state index contributed by atoms with van der Waals surface area (Å²) in [6.45, 7) is 5.10. The van der Waals surface area contributed by atoms with Gasteiger partial charge in [0.05, 0.1) is 12.6 Å². The molecule has 1 saturated heterocycles. The predicted octanol–water partition coefficient (Wildman–Crippen LogP) is 2.05. The Morgan fingerprint density at radius 1 is 1.50 bits per heavy atom. The summed E-state index contributed by atoms with van der Waals surface area (Å²) < 4.78 is 0. The van der Waals surface area contributed by atoms with Crippen LogP contribution in [0.25, 0.3) is 0 Å². The van der Waals surface area contributed by atoms with Crippen molar-refractivity contribution in [3.05, 3.63) is 5.01 Å². The molecule has 0 spiro atoms. The summed E-state index contributed by atoms with van der Waals surface area (Å²) in [4.78, 5) is 14.2. The van der Waals surface area contributed by atoms with E-state index in [4.69, 9.17) is 0 Å². The first kappa shape index (κ1) is 17.3. The molecule has 2 N–H and O–H groups in total. The van der Waals surface area contributed by atoms with Crippen LogP contribution < -0.4 is 5.32 Å². The summed E-state index contributed by atoms with van der Waals surface area (Å²) in [7, 11) is 0. The van der Waals surface area contributed by atoms with Crippen molar-refractivity contribution in [3.63, 3.8) is 0 Å². The quantitative estimate of drug-likeness (QED) is 0.802. The van der Waals surface area contributed by atoms with Crippen LogP contribution in [0.3, 0.4) is 0 Å².